The maximum absolute atomic E-state index is 13.2. The normalized spacial score (nSPS) is 14.8. The smallest absolute Gasteiger partial charge is 0.261 e. The van der Waals surface area contributed by atoms with Crippen LogP contribution in [0.3, 0.4) is 0 Å². The Morgan fingerprint density at radius 3 is 2.34 bits per heavy atom. The molecule has 1 aliphatic carbocycles. The minimum absolute atomic E-state index is 0.0638. The highest BCUT2D eigenvalue weighted by Crippen LogP contribution is 2.29. The molecular weight excluding hydrogens is 494 g/mol. The molecule has 0 saturated heterocycles. The summed E-state index contributed by atoms with van der Waals surface area (Å²) in [6.07, 6.45) is 4.07. The van der Waals surface area contributed by atoms with Gasteiger partial charge in [-0.15, -0.1) is 0 Å². The number of carbonyl (C=O) groups is 2. The lowest BCUT2D eigenvalue weighted by atomic mass is 10.1. The van der Waals surface area contributed by atoms with Crippen molar-refractivity contribution in [1.29, 1.82) is 0 Å². The molecule has 0 radical (unpaired) electrons. The van der Waals surface area contributed by atoms with Gasteiger partial charge in [-0.05, 0) is 50.1 Å². The lowest BCUT2D eigenvalue weighted by molar-refractivity contribution is -0.142. The molecule has 1 aliphatic rings. The molecule has 0 heterocycles. The van der Waals surface area contributed by atoms with Crippen LogP contribution in [-0.2, 0) is 16.1 Å². The number of carbonyl (C=O) groups excluding carboxylic acids is 2. The molecule has 3 rings (SSSR count). The standard InChI is InChI=1S/C23H24Cl4N2O3/c1-14(23(31)28-16-5-2-3-6-16)29(12-17-18(25)7-4-8-19(17)26)22(30)13-32-21-10-9-15(24)11-20(21)27/h4,7-11,14,16H,2-3,5-6,12-13H2,1H3,(H,28,31)/t14-/m1/s1. The van der Waals surface area contributed by atoms with Crippen molar-refractivity contribution in [2.75, 3.05) is 6.61 Å². The van der Waals surface area contributed by atoms with E-state index in [9.17, 15) is 9.59 Å². The number of hydrogen-bond acceptors (Lipinski definition) is 3. The molecule has 1 fully saturated rings. The van der Waals surface area contributed by atoms with Gasteiger partial charge < -0.3 is 15.0 Å². The summed E-state index contributed by atoms with van der Waals surface area (Å²) >= 11 is 24.7. The molecule has 5 nitrogen and oxygen atoms in total. The number of halogens is 4. The van der Waals surface area contributed by atoms with E-state index in [1.807, 2.05) is 0 Å². The first-order chi connectivity index (χ1) is 15.3. The Kier molecular flexibility index (Phi) is 8.95. The molecule has 0 spiro atoms. The van der Waals surface area contributed by atoms with Crippen molar-refractivity contribution in [3.8, 4) is 5.75 Å². The number of nitrogens with one attached hydrogen (secondary N) is 1. The van der Waals surface area contributed by atoms with E-state index in [4.69, 9.17) is 51.1 Å². The number of amides is 2. The van der Waals surface area contributed by atoms with Crippen molar-refractivity contribution in [3.05, 3.63) is 62.1 Å². The molecule has 2 aromatic carbocycles. The Hall–Kier alpha value is -1.66. The SMILES string of the molecule is C[C@H](C(=O)NC1CCCC1)N(Cc1c(Cl)cccc1Cl)C(=O)COc1ccc(Cl)cc1Cl. The van der Waals surface area contributed by atoms with Gasteiger partial charge in [0.1, 0.15) is 11.8 Å². The van der Waals surface area contributed by atoms with Gasteiger partial charge in [0, 0.05) is 33.2 Å². The van der Waals surface area contributed by atoms with Crippen LogP contribution in [0.15, 0.2) is 36.4 Å². The van der Waals surface area contributed by atoms with Gasteiger partial charge in [0.05, 0.1) is 5.02 Å². The minimum Gasteiger partial charge on any atom is -0.482 e. The van der Waals surface area contributed by atoms with E-state index < -0.39 is 11.9 Å². The Morgan fingerprint density at radius 2 is 1.72 bits per heavy atom. The van der Waals surface area contributed by atoms with E-state index in [0.29, 0.717) is 26.4 Å². The van der Waals surface area contributed by atoms with Gasteiger partial charge in [-0.25, -0.2) is 0 Å². The summed E-state index contributed by atoms with van der Waals surface area (Å²) in [6, 6.07) is 9.23. The van der Waals surface area contributed by atoms with Gasteiger partial charge in [-0.2, -0.15) is 0 Å². The van der Waals surface area contributed by atoms with Gasteiger partial charge in [0.15, 0.2) is 6.61 Å². The third-order valence-corrected chi connectivity index (χ3v) is 6.74. The van der Waals surface area contributed by atoms with Crippen LogP contribution in [0.1, 0.15) is 38.2 Å². The highest BCUT2D eigenvalue weighted by atomic mass is 35.5. The monoisotopic (exact) mass is 516 g/mol. The average Bonchev–Trinajstić information content (AvgIpc) is 3.25. The van der Waals surface area contributed by atoms with Gasteiger partial charge in [0.2, 0.25) is 5.91 Å². The van der Waals surface area contributed by atoms with E-state index in [0.717, 1.165) is 25.7 Å². The van der Waals surface area contributed by atoms with Crippen molar-refractivity contribution in [1.82, 2.24) is 10.2 Å². The predicted octanol–water partition coefficient (Wildman–Crippen LogP) is 6.16. The van der Waals surface area contributed by atoms with E-state index in [2.05, 4.69) is 5.32 Å². The van der Waals surface area contributed by atoms with Crippen LogP contribution in [0.5, 0.6) is 5.75 Å². The Morgan fingerprint density at radius 1 is 1.06 bits per heavy atom. The van der Waals surface area contributed by atoms with Crippen LogP contribution in [0, 0.1) is 0 Å². The van der Waals surface area contributed by atoms with Crippen LogP contribution in [-0.4, -0.2) is 35.4 Å². The fourth-order valence-electron chi connectivity index (χ4n) is 3.64. The third kappa shape index (κ3) is 6.44. The van der Waals surface area contributed by atoms with Crippen LogP contribution < -0.4 is 10.1 Å². The van der Waals surface area contributed by atoms with Gasteiger partial charge in [0.25, 0.3) is 5.91 Å². The zero-order valence-electron chi connectivity index (χ0n) is 17.5. The molecule has 0 aliphatic heterocycles. The number of ether oxygens (including phenoxy) is 1. The number of rotatable bonds is 8. The molecule has 0 bridgehead atoms. The van der Waals surface area contributed by atoms with E-state index in [1.165, 1.54) is 11.0 Å². The molecular formula is C23H24Cl4N2O3. The summed E-state index contributed by atoms with van der Waals surface area (Å²) in [7, 11) is 0. The fraction of sp³-hybridized carbons (Fsp3) is 0.391. The van der Waals surface area contributed by atoms with E-state index >= 15 is 0 Å². The molecule has 9 heteroatoms. The van der Waals surface area contributed by atoms with Crippen LogP contribution in [0.25, 0.3) is 0 Å². The third-order valence-electron chi connectivity index (χ3n) is 5.50. The largest absolute Gasteiger partial charge is 0.482 e. The molecule has 0 aromatic heterocycles. The Labute approximate surface area is 207 Å². The van der Waals surface area contributed by atoms with Crippen LogP contribution in [0.2, 0.25) is 20.1 Å². The summed E-state index contributed by atoms with van der Waals surface area (Å²) in [6.45, 7) is 1.43. The van der Waals surface area contributed by atoms with Crippen molar-refractivity contribution >= 4 is 58.2 Å². The average molecular weight is 518 g/mol. The van der Waals surface area contributed by atoms with Crippen LogP contribution in [0.4, 0.5) is 0 Å². The van der Waals surface area contributed by atoms with Crippen LogP contribution >= 0.6 is 46.4 Å². The molecule has 1 saturated carbocycles. The second kappa shape index (κ2) is 11.5. The lowest BCUT2D eigenvalue weighted by Crippen LogP contribution is -2.50. The number of nitrogens with zero attached hydrogens (tertiary/aromatic N) is 1. The van der Waals surface area contributed by atoms with Crippen molar-refractivity contribution in [2.24, 2.45) is 0 Å². The molecule has 172 valence electrons. The highest BCUT2D eigenvalue weighted by molar-refractivity contribution is 6.36. The summed E-state index contributed by atoms with van der Waals surface area (Å²) in [5, 5.41) is 4.63. The quantitative estimate of drug-likeness (QED) is 0.456. The molecule has 1 N–H and O–H groups in total. The lowest BCUT2D eigenvalue weighted by Gasteiger charge is -2.30. The predicted molar refractivity (Wildman–Crippen MR) is 129 cm³/mol. The first-order valence-corrected chi connectivity index (χ1v) is 11.9. The number of benzene rings is 2. The van der Waals surface area contributed by atoms with Gasteiger partial charge in [-0.1, -0.05) is 65.3 Å². The maximum Gasteiger partial charge on any atom is 0.261 e. The first kappa shape index (κ1) is 25.0. The Bertz CT molecular complexity index is 959. The summed E-state index contributed by atoms with van der Waals surface area (Å²) in [5.74, 6) is -0.303. The van der Waals surface area contributed by atoms with E-state index in [-0.39, 0.29) is 30.1 Å². The summed E-state index contributed by atoms with van der Waals surface area (Å²) in [5.41, 5.74) is 0.564. The van der Waals surface area contributed by atoms with Gasteiger partial charge >= 0.3 is 0 Å². The second-order valence-electron chi connectivity index (χ2n) is 7.75. The topological polar surface area (TPSA) is 58.6 Å². The minimum atomic E-state index is -0.750. The van der Waals surface area contributed by atoms with Crippen molar-refractivity contribution in [3.63, 3.8) is 0 Å². The summed E-state index contributed by atoms with van der Waals surface area (Å²) in [4.78, 5) is 27.5. The zero-order valence-corrected chi connectivity index (χ0v) is 20.6. The van der Waals surface area contributed by atoms with Gasteiger partial charge in [-0.3, -0.25) is 9.59 Å². The molecule has 0 unspecified atom stereocenters. The number of hydrogen-bond donors (Lipinski definition) is 1. The van der Waals surface area contributed by atoms with E-state index in [1.54, 1.807) is 37.3 Å². The highest BCUT2D eigenvalue weighted by Gasteiger charge is 2.29. The zero-order chi connectivity index (χ0) is 23.3. The van der Waals surface area contributed by atoms with Crippen molar-refractivity contribution in [2.45, 2.75) is 51.2 Å². The summed E-state index contributed by atoms with van der Waals surface area (Å²) < 4.78 is 5.62. The second-order valence-corrected chi connectivity index (χ2v) is 9.41. The fourth-order valence-corrected chi connectivity index (χ4v) is 4.62. The molecule has 2 amide bonds. The molecule has 1 atom stereocenters. The maximum atomic E-state index is 13.2. The molecule has 2 aromatic rings. The van der Waals surface area contributed by atoms with Crippen molar-refractivity contribution < 1.29 is 14.3 Å². The molecule has 32 heavy (non-hydrogen) atoms. The Balaban J connectivity index is 1.78. The first-order valence-electron chi connectivity index (χ1n) is 10.4.